The van der Waals surface area contributed by atoms with E-state index < -0.39 is 11.6 Å². The van der Waals surface area contributed by atoms with Crippen LogP contribution in [0.4, 0.5) is 26.1 Å². The molecule has 1 aromatic heterocycles. The number of aromatic nitrogens is 1. The summed E-state index contributed by atoms with van der Waals surface area (Å²) in [6.07, 6.45) is 0. The molecule has 6 heteroatoms. The molecule has 0 aliphatic rings. The van der Waals surface area contributed by atoms with E-state index in [-0.39, 0.29) is 11.6 Å². The fourth-order valence-electron chi connectivity index (χ4n) is 1.38. The van der Waals surface area contributed by atoms with Gasteiger partial charge in [0.2, 0.25) is 0 Å². The number of nitrogens with one attached hydrogen (secondary N) is 1. The van der Waals surface area contributed by atoms with Gasteiger partial charge in [-0.1, -0.05) is 22.0 Å². The SMILES string of the molecule is Cc1ccc(Nc2nc(N)c(F)cc2F)cc1Br. The molecule has 0 saturated carbocycles. The van der Waals surface area contributed by atoms with Crippen molar-refractivity contribution in [1.82, 2.24) is 4.98 Å². The van der Waals surface area contributed by atoms with Crippen molar-refractivity contribution in [2.45, 2.75) is 6.92 Å². The number of nitrogens with zero attached hydrogens (tertiary/aromatic N) is 1. The molecule has 0 amide bonds. The van der Waals surface area contributed by atoms with Crippen LogP contribution < -0.4 is 11.1 Å². The monoisotopic (exact) mass is 313 g/mol. The highest BCUT2D eigenvalue weighted by atomic mass is 79.9. The maximum absolute atomic E-state index is 13.5. The smallest absolute Gasteiger partial charge is 0.169 e. The Hall–Kier alpha value is -1.69. The number of rotatable bonds is 2. The molecule has 0 aliphatic carbocycles. The van der Waals surface area contributed by atoms with Gasteiger partial charge in [-0.3, -0.25) is 0 Å². The maximum atomic E-state index is 13.5. The lowest BCUT2D eigenvalue weighted by Gasteiger charge is -2.09. The van der Waals surface area contributed by atoms with Gasteiger partial charge in [0.15, 0.2) is 23.3 Å². The third-order valence-corrected chi connectivity index (χ3v) is 3.25. The van der Waals surface area contributed by atoms with Crippen LogP contribution in [0.1, 0.15) is 5.56 Å². The first-order chi connectivity index (χ1) is 8.47. The van der Waals surface area contributed by atoms with E-state index in [0.717, 1.165) is 10.0 Å². The van der Waals surface area contributed by atoms with Crippen LogP contribution in [-0.4, -0.2) is 4.98 Å². The maximum Gasteiger partial charge on any atom is 0.169 e. The van der Waals surface area contributed by atoms with Gasteiger partial charge in [0, 0.05) is 16.2 Å². The van der Waals surface area contributed by atoms with Crippen molar-refractivity contribution in [3.05, 3.63) is 45.9 Å². The van der Waals surface area contributed by atoms with E-state index in [1.807, 2.05) is 13.0 Å². The number of aryl methyl sites for hydroxylation is 1. The summed E-state index contributed by atoms with van der Waals surface area (Å²) in [6, 6.07) is 6.10. The van der Waals surface area contributed by atoms with Crippen LogP contribution in [0.3, 0.4) is 0 Å². The highest BCUT2D eigenvalue weighted by molar-refractivity contribution is 9.10. The molecule has 2 rings (SSSR count). The summed E-state index contributed by atoms with van der Waals surface area (Å²) < 4.78 is 27.3. The normalized spacial score (nSPS) is 10.4. The van der Waals surface area contributed by atoms with Gasteiger partial charge >= 0.3 is 0 Å². The Morgan fingerprint density at radius 3 is 2.61 bits per heavy atom. The Morgan fingerprint density at radius 2 is 1.94 bits per heavy atom. The molecule has 3 nitrogen and oxygen atoms in total. The van der Waals surface area contributed by atoms with Gasteiger partial charge in [-0.15, -0.1) is 0 Å². The number of anilines is 3. The van der Waals surface area contributed by atoms with Gasteiger partial charge in [0.05, 0.1) is 0 Å². The van der Waals surface area contributed by atoms with Gasteiger partial charge < -0.3 is 11.1 Å². The van der Waals surface area contributed by atoms with Gasteiger partial charge in [0.1, 0.15) is 0 Å². The first-order valence-electron chi connectivity index (χ1n) is 5.12. The van der Waals surface area contributed by atoms with E-state index >= 15 is 0 Å². The Labute approximate surface area is 111 Å². The Kier molecular flexibility index (Phi) is 3.47. The fourth-order valence-corrected chi connectivity index (χ4v) is 1.75. The summed E-state index contributed by atoms with van der Waals surface area (Å²) in [4.78, 5) is 3.62. The minimum Gasteiger partial charge on any atom is -0.381 e. The first-order valence-corrected chi connectivity index (χ1v) is 5.91. The first kappa shape index (κ1) is 12.8. The summed E-state index contributed by atoms with van der Waals surface area (Å²) >= 11 is 3.37. The number of nitrogen functional groups attached to an aromatic ring is 1. The van der Waals surface area contributed by atoms with Crippen molar-refractivity contribution < 1.29 is 8.78 Å². The van der Waals surface area contributed by atoms with Gasteiger partial charge in [-0.2, -0.15) is 0 Å². The van der Waals surface area contributed by atoms with Crippen LogP contribution >= 0.6 is 15.9 Å². The second-order valence-corrected chi connectivity index (χ2v) is 4.63. The lowest BCUT2D eigenvalue weighted by molar-refractivity contribution is 0.581. The third kappa shape index (κ3) is 2.59. The minimum absolute atomic E-state index is 0.107. The van der Waals surface area contributed by atoms with Crippen LogP contribution in [-0.2, 0) is 0 Å². The third-order valence-electron chi connectivity index (χ3n) is 2.39. The van der Waals surface area contributed by atoms with E-state index in [2.05, 4.69) is 26.2 Å². The number of nitrogens with two attached hydrogens (primary N) is 1. The fraction of sp³-hybridized carbons (Fsp3) is 0.0833. The van der Waals surface area contributed by atoms with Gasteiger partial charge in [-0.05, 0) is 24.6 Å². The van der Waals surface area contributed by atoms with Gasteiger partial charge in [0.25, 0.3) is 0 Å². The highest BCUT2D eigenvalue weighted by Crippen LogP contribution is 2.25. The predicted molar refractivity (Wildman–Crippen MR) is 70.7 cm³/mol. The summed E-state index contributed by atoms with van der Waals surface area (Å²) in [7, 11) is 0. The van der Waals surface area contributed by atoms with Crippen molar-refractivity contribution in [1.29, 1.82) is 0 Å². The average molecular weight is 314 g/mol. The second-order valence-electron chi connectivity index (χ2n) is 3.77. The molecule has 2 aromatic rings. The standard InChI is InChI=1S/C12H10BrF2N3/c1-6-2-3-7(4-8(6)13)17-12-10(15)5-9(14)11(16)18-12/h2-5H,1H3,(H3,16,17,18). The van der Waals surface area contributed by atoms with Crippen LogP contribution in [0.15, 0.2) is 28.7 Å². The molecule has 0 spiro atoms. The molecule has 0 radical (unpaired) electrons. The topological polar surface area (TPSA) is 50.9 Å². The molecule has 94 valence electrons. The Balaban J connectivity index is 2.34. The van der Waals surface area contributed by atoms with Crippen LogP contribution in [0.25, 0.3) is 0 Å². The lowest BCUT2D eigenvalue weighted by Crippen LogP contribution is -2.03. The molecular weight excluding hydrogens is 304 g/mol. The number of benzene rings is 1. The van der Waals surface area contributed by atoms with Crippen molar-refractivity contribution in [2.75, 3.05) is 11.1 Å². The molecule has 0 bridgehead atoms. The summed E-state index contributed by atoms with van der Waals surface area (Å²) in [6.45, 7) is 1.93. The summed E-state index contributed by atoms with van der Waals surface area (Å²) in [5, 5.41) is 2.75. The zero-order valence-corrected chi connectivity index (χ0v) is 11.1. The number of hydrogen-bond acceptors (Lipinski definition) is 3. The van der Waals surface area contributed by atoms with E-state index in [9.17, 15) is 8.78 Å². The summed E-state index contributed by atoms with van der Waals surface area (Å²) in [5.74, 6) is -2.11. The predicted octanol–water partition coefficient (Wildman–Crippen LogP) is 3.76. The minimum atomic E-state index is -0.872. The Bertz CT molecular complexity index is 602. The van der Waals surface area contributed by atoms with E-state index in [0.29, 0.717) is 11.8 Å². The molecule has 1 heterocycles. The molecule has 0 saturated heterocycles. The molecule has 0 aliphatic heterocycles. The second kappa shape index (κ2) is 4.89. The van der Waals surface area contributed by atoms with E-state index in [4.69, 9.17) is 5.73 Å². The van der Waals surface area contributed by atoms with Gasteiger partial charge in [-0.25, -0.2) is 13.8 Å². The quantitative estimate of drug-likeness (QED) is 0.887. The van der Waals surface area contributed by atoms with Crippen molar-refractivity contribution >= 4 is 33.3 Å². The van der Waals surface area contributed by atoms with Crippen LogP contribution in [0, 0.1) is 18.6 Å². The molecule has 0 fully saturated rings. The molecule has 0 atom stereocenters. The van der Waals surface area contributed by atoms with E-state index in [1.165, 1.54) is 0 Å². The van der Waals surface area contributed by atoms with Crippen LogP contribution in [0.5, 0.6) is 0 Å². The number of hydrogen-bond donors (Lipinski definition) is 2. The largest absolute Gasteiger partial charge is 0.381 e. The molecule has 1 aromatic carbocycles. The lowest BCUT2D eigenvalue weighted by atomic mass is 10.2. The number of pyridine rings is 1. The van der Waals surface area contributed by atoms with Crippen LogP contribution in [0.2, 0.25) is 0 Å². The van der Waals surface area contributed by atoms with Crippen molar-refractivity contribution in [3.8, 4) is 0 Å². The molecule has 3 N–H and O–H groups in total. The van der Waals surface area contributed by atoms with E-state index in [1.54, 1.807) is 12.1 Å². The molecular formula is C12H10BrF2N3. The molecule has 18 heavy (non-hydrogen) atoms. The Morgan fingerprint density at radius 1 is 1.22 bits per heavy atom. The zero-order valence-electron chi connectivity index (χ0n) is 9.47. The average Bonchev–Trinajstić information content (AvgIpc) is 2.31. The highest BCUT2D eigenvalue weighted by Gasteiger charge is 2.10. The van der Waals surface area contributed by atoms with Crippen molar-refractivity contribution in [2.24, 2.45) is 0 Å². The van der Waals surface area contributed by atoms with Crippen molar-refractivity contribution in [3.63, 3.8) is 0 Å². The summed E-state index contributed by atoms with van der Waals surface area (Å²) in [5.41, 5.74) is 6.97. The molecule has 0 unspecified atom stereocenters. The zero-order chi connectivity index (χ0) is 13.3. The number of halogens is 3.